The predicted octanol–water partition coefficient (Wildman–Crippen LogP) is 0.637. The predicted molar refractivity (Wildman–Crippen MR) is 41.7 cm³/mol. The summed E-state index contributed by atoms with van der Waals surface area (Å²) in [7, 11) is 0. The van der Waals surface area contributed by atoms with Gasteiger partial charge in [-0.25, -0.2) is 0 Å². The summed E-state index contributed by atoms with van der Waals surface area (Å²) in [5.74, 6) is 0. The molecule has 3 heteroatoms. The van der Waals surface area contributed by atoms with Gasteiger partial charge in [-0.15, -0.1) is 12.4 Å². The molecule has 0 heterocycles. The Hall–Kier alpha value is 0.210. The average molecular weight is 151 g/mol. The highest BCUT2D eigenvalue weighted by molar-refractivity contribution is 5.85. The van der Waals surface area contributed by atoms with Crippen molar-refractivity contribution in [1.82, 2.24) is 0 Å². The van der Waals surface area contributed by atoms with Crippen molar-refractivity contribution < 1.29 is 0 Å². The van der Waals surface area contributed by atoms with Gasteiger partial charge in [0.05, 0.1) is 0 Å². The summed E-state index contributed by atoms with van der Waals surface area (Å²) in [5, 5.41) is 0. The molecule has 2 nitrogen and oxygen atoms in total. The van der Waals surface area contributed by atoms with E-state index < -0.39 is 0 Å². The molecule has 2 unspecified atom stereocenters. The van der Waals surface area contributed by atoms with E-state index in [0.717, 1.165) is 12.8 Å². The second-order valence-electron chi connectivity index (χ2n) is 2.61. The maximum Gasteiger partial charge on any atom is 0.0192 e. The fraction of sp³-hybridized carbons (Fsp3) is 1.00. The van der Waals surface area contributed by atoms with E-state index in [0.29, 0.717) is 0 Å². The van der Waals surface area contributed by atoms with Crippen molar-refractivity contribution >= 4 is 12.4 Å². The van der Waals surface area contributed by atoms with E-state index >= 15 is 0 Å². The lowest BCUT2D eigenvalue weighted by atomic mass is 9.92. The lowest BCUT2D eigenvalue weighted by molar-refractivity contribution is 0.385. The number of hydrogen-bond acceptors (Lipinski definition) is 2. The van der Waals surface area contributed by atoms with E-state index in [1.54, 1.807) is 0 Å². The molecule has 1 rings (SSSR count). The number of nitrogens with two attached hydrogens (primary N) is 2. The van der Waals surface area contributed by atoms with Crippen molar-refractivity contribution in [2.45, 2.75) is 37.8 Å². The molecule has 0 saturated heterocycles. The zero-order valence-corrected chi connectivity index (χ0v) is 6.36. The SMILES string of the molecule is Cl.NC1CCCCC1N. The van der Waals surface area contributed by atoms with Crippen LogP contribution in [0, 0.1) is 0 Å². The molecule has 0 bridgehead atoms. The van der Waals surface area contributed by atoms with Gasteiger partial charge in [-0.2, -0.15) is 0 Å². The molecule has 0 aromatic carbocycles. The molecule has 1 fully saturated rings. The molecule has 0 aromatic rings. The topological polar surface area (TPSA) is 52.0 Å². The van der Waals surface area contributed by atoms with Crippen LogP contribution in [0.5, 0.6) is 0 Å². The van der Waals surface area contributed by atoms with Gasteiger partial charge in [0.15, 0.2) is 0 Å². The third-order valence-corrected chi connectivity index (χ3v) is 1.87. The molecule has 0 aliphatic heterocycles. The summed E-state index contributed by atoms with van der Waals surface area (Å²) < 4.78 is 0. The highest BCUT2D eigenvalue weighted by atomic mass is 35.5. The monoisotopic (exact) mass is 150 g/mol. The Morgan fingerprint density at radius 3 is 1.44 bits per heavy atom. The normalized spacial score (nSPS) is 35.3. The maximum atomic E-state index is 5.65. The molecule has 0 radical (unpaired) electrons. The highest BCUT2D eigenvalue weighted by Gasteiger charge is 2.16. The second kappa shape index (κ2) is 4.09. The van der Waals surface area contributed by atoms with Gasteiger partial charge >= 0.3 is 0 Å². The largest absolute Gasteiger partial charge is 0.326 e. The molecule has 9 heavy (non-hydrogen) atoms. The first-order valence-corrected chi connectivity index (χ1v) is 3.32. The standard InChI is InChI=1S/C6H14N2.ClH/c7-5-3-1-2-4-6(5)8;/h5-6H,1-4,7-8H2;1H. The fourth-order valence-electron chi connectivity index (χ4n) is 1.19. The molecule has 0 aromatic heterocycles. The van der Waals surface area contributed by atoms with Crippen LogP contribution < -0.4 is 11.5 Å². The van der Waals surface area contributed by atoms with Crippen LogP contribution >= 0.6 is 12.4 Å². The van der Waals surface area contributed by atoms with Gasteiger partial charge in [0.1, 0.15) is 0 Å². The van der Waals surface area contributed by atoms with Crippen LogP contribution in [0.4, 0.5) is 0 Å². The molecule has 2 atom stereocenters. The van der Waals surface area contributed by atoms with Gasteiger partial charge in [-0.05, 0) is 12.8 Å². The zero-order valence-electron chi connectivity index (χ0n) is 5.55. The van der Waals surface area contributed by atoms with Gasteiger partial charge in [-0.1, -0.05) is 12.8 Å². The zero-order chi connectivity index (χ0) is 5.98. The Balaban J connectivity index is 0.000000640. The van der Waals surface area contributed by atoms with Gasteiger partial charge < -0.3 is 11.5 Å². The average Bonchev–Trinajstić information content (AvgIpc) is 1.77. The summed E-state index contributed by atoms with van der Waals surface area (Å²) in [6.45, 7) is 0. The van der Waals surface area contributed by atoms with Crippen LogP contribution in [0.15, 0.2) is 0 Å². The Labute approximate surface area is 62.4 Å². The van der Waals surface area contributed by atoms with Crippen molar-refractivity contribution in [2.24, 2.45) is 11.5 Å². The summed E-state index contributed by atoms with van der Waals surface area (Å²) in [5.41, 5.74) is 11.3. The van der Waals surface area contributed by atoms with Crippen molar-refractivity contribution in [1.29, 1.82) is 0 Å². The minimum absolute atomic E-state index is 0. The maximum absolute atomic E-state index is 5.65. The van der Waals surface area contributed by atoms with E-state index in [1.807, 2.05) is 0 Å². The Morgan fingerprint density at radius 1 is 0.889 bits per heavy atom. The van der Waals surface area contributed by atoms with Gasteiger partial charge in [-0.3, -0.25) is 0 Å². The minimum atomic E-state index is 0. The second-order valence-corrected chi connectivity index (χ2v) is 2.61. The van der Waals surface area contributed by atoms with Crippen LogP contribution in [-0.4, -0.2) is 12.1 Å². The minimum Gasteiger partial charge on any atom is -0.326 e. The van der Waals surface area contributed by atoms with Crippen molar-refractivity contribution in [3.8, 4) is 0 Å². The van der Waals surface area contributed by atoms with E-state index in [1.165, 1.54) is 12.8 Å². The smallest absolute Gasteiger partial charge is 0.0192 e. The third kappa shape index (κ3) is 2.52. The van der Waals surface area contributed by atoms with Crippen LogP contribution in [-0.2, 0) is 0 Å². The quantitative estimate of drug-likeness (QED) is 0.533. The summed E-state index contributed by atoms with van der Waals surface area (Å²) in [6, 6.07) is 0.562. The molecule has 0 spiro atoms. The van der Waals surface area contributed by atoms with E-state index in [4.69, 9.17) is 11.5 Å². The number of rotatable bonds is 0. The Kier molecular flexibility index (Phi) is 4.19. The van der Waals surface area contributed by atoms with E-state index in [2.05, 4.69) is 0 Å². The third-order valence-electron chi connectivity index (χ3n) is 1.87. The van der Waals surface area contributed by atoms with Gasteiger partial charge in [0, 0.05) is 12.1 Å². The Bertz CT molecular complexity index is 67.5. The van der Waals surface area contributed by atoms with Gasteiger partial charge in [0.25, 0.3) is 0 Å². The summed E-state index contributed by atoms with van der Waals surface area (Å²) in [4.78, 5) is 0. The fourth-order valence-corrected chi connectivity index (χ4v) is 1.19. The van der Waals surface area contributed by atoms with Crippen molar-refractivity contribution in [3.05, 3.63) is 0 Å². The highest BCUT2D eigenvalue weighted by Crippen LogP contribution is 2.14. The lowest BCUT2D eigenvalue weighted by Crippen LogP contribution is -2.43. The first kappa shape index (κ1) is 9.21. The van der Waals surface area contributed by atoms with Crippen molar-refractivity contribution in [2.75, 3.05) is 0 Å². The first-order valence-electron chi connectivity index (χ1n) is 3.32. The van der Waals surface area contributed by atoms with Crippen molar-refractivity contribution in [3.63, 3.8) is 0 Å². The molecule has 56 valence electrons. The molecular weight excluding hydrogens is 136 g/mol. The van der Waals surface area contributed by atoms with E-state index in [-0.39, 0.29) is 24.5 Å². The van der Waals surface area contributed by atoms with Crippen LogP contribution in [0.3, 0.4) is 0 Å². The Morgan fingerprint density at radius 2 is 1.22 bits per heavy atom. The molecule has 1 saturated carbocycles. The van der Waals surface area contributed by atoms with Crippen LogP contribution in [0.1, 0.15) is 25.7 Å². The number of halogens is 1. The van der Waals surface area contributed by atoms with Crippen LogP contribution in [0.2, 0.25) is 0 Å². The van der Waals surface area contributed by atoms with Gasteiger partial charge in [0.2, 0.25) is 0 Å². The molecule has 1 aliphatic carbocycles. The molecule has 4 N–H and O–H groups in total. The molecule has 1 aliphatic rings. The molecule has 0 amide bonds. The first-order chi connectivity index (χ1) is 3.80. The lowest BCUT2D eigenvalue weighted by Gasteiger charge is -2.24. The molecular formula is C6H15ClN2. The number of hydrogen-bond donors (Lipinski definition) is 2. The van der Waals surface area contributed by atoms with Crippen LogP contribution in [0.25, 0.3) is 0 Å². The van der Waals surface area contributed by atoms with E-state index in [9.17, 15) is 0 Å². The summed E-state index contributed by atoms with van der Waals surface area (Å²) in [6.07, 6.45) is 4.80. The summed E-state index contributed by atoms with van der Waals surface area (Å²) >= 11 is 0.